The van der Waals surface area contributed by atoms with Crippen LogP contribution >= 0.6 is 0 Å². The van der Waals surface area contributed by atoms with E-state index in [0.29, 0.717) is 11.5 Å². The molecule has 0 aromatic rings. The summed E-state index contributed by atoms with van der Waals surface area (Å²) < 4.78 is 0. The lowest BCUT2D eigenvalue weighted by Crippen LogP contribution is -2.43. The van der Waals surface area contributed by atoms with Crippen molar-refractivity contribution in [2.24, 2.45) is 11.3 Å². The Kier molecular flexibility index (Phi) is 4.84. The van der Waals surface area contributed by atoms with Crippen molar-refractivity contribution in [2.75, 3.05) is 7.05 Å². The van der Waals surface area contributed by atoms with Crippen molar-refractivity contribution in [1.29, 1.82) is 0 Å². The molecule has 0 aromatic heterocycles. The fraction of sp³-hybridized carbons (Fsp3) is 1.00. The summed E-state index contributed by atoms with van der Waals surface area (Å²) in [5.41, 5.74) is 0.380. The number of hydrogen-bond acceptors (Lipinski definition) is 1. The zero-order chi connectivity index (χ0) is 9.78. The molecule has 0 spiro atoms. The number of nitrogens with one attached hydrogen (secondary N) is 1. The molecule has 1 heteroatoms. The summed E-state index contributed by atoms with van der Waals surface area (Å²) in [6, 6.07) is 0.646. The smallest absolute Gasteiger partial charge is 0.0141 e. The van der Waals surface area contributed by atoms with Gasteiger partial charge in [0.25, 0.3) is 0 Å². The minimum Gasteiger partial charge on any atom is -0.316 e. The van der Waals surface area contributed by atoms with Gasteiger partial charge < -0.3 is 5.32 Å². The van der Waals surface area contributed by atoms with Gasteiger partial charge in [0.2, 0.25) is 0 Å². The normalized spacial score (nSPS) is 15.2. The van der Waals surface area contributed by atoms with Gasteiger partial charge in [0, 0.05) is 6.04 Å². The van der Waals surface area contributed by atoms with Crippen LogP contribution in [0, 0.1) is 11.3 Å². The Labute approximate surface area is 77.9 Å². The highest BCUT2D eigenvalue weighted by Crippen LogP contribution is 2.28. The number of hydrogen-bond donors (Lipinski definition) is 1. The summed E-state index contributed by atoms with van der Waals surface area (Å²) in [6.45, 7) is 11.5. The molecule has 74 valence electrons. The molecule has 0 aliphatic carbocycles. The van der Waals surface area contributed by atoms with Crippen molar-refractivity contribution in [3.05, 3.63) is 0 Å². The third-order valence-electron chi connectivity index (χ3n) is 2.76. The summed E-state index contributed by atoms with van der Waals surface area (Å²) in [5.74, 6) is 0.815. The Morgan fingerprint density at radius 3 is 1.58 bits per heavy atom. The monoisotopic (exact) mass is 171 g/mol. The van der Waals surface area contributed by atoms with E-state index >= 15 is 0 Å². The molecular formula is C11H25N. The minimum absolute atomic E-state index is 0.380. The highest BCUT2D eigenvalue weighted by molar-refractivity contribution is 4.84. The lowest BCUT2D eigenvalue weighted by atomic mass is 9.77. The van der Waals surface area contributed by atoms with Crippen molar-refractivity contribution in [2.45, 2.75) is 53.5 Å². The molecule has 1 N–H and O–H groups in total. The lowest BCUT2D eigenvalue weighted by molar-refractivity contribution is 0.193. The second kappa shape index (κ2) is 4.86. The predicted molar refractivity (Wildman–Crippen MR) is 56.4 cm³/mol. The third kappa shape index (κ3) is 3.14. The van der Waals surface area contributed by atoms with Crippen LogP contribution in [0.5, 0.6) is 0 Å². The lowest BCUT2D eigenvalue weighted by Gasteiger charge is -2.36. The molecule has 0 saturated carbocycles. The van der Waals surface area contributed by atoms with E-state index in [0.717, 1.165) is 5.92 Å². The summed E-state index contributed by atoms with van der Waals surface area (Å²) in [5, 5.41) is 3.44. The Balaban J connectivity index is 4.31. The van der Waals surface area contributed by atoms with E-state index in [1.807, 2.05) is 0 Å². The fourth-order valence-electron chi connectivity index (χ4n) is 2.14. The molecule has 0 fully saturated rings. The van der Waals surface area contributed by atoms with E-state index < -0.39 is 0 Å². The Bertz CT molecular complexity index is 109. The van der Waals surface area contributed by atoms with Crippen molar-refractivity contribution in [1.82, 2.24) is 5.32 Å². The van der Waals surface area contributed by atoms with Crippen LogP contribution in [-0.2, 0) is 0 Å². The molecule has 12 heavy (non-hydrogen) atoms. The zero-order valence-electron chi connectivity index (χ0n) is 9.57. The Hall–Kier alpha value is -0.0400. The summed E-state index contributed by atoms with van der Waals surface area (Å²) in [4.78, 5) is 0. The van der Waals surface area contributed by atoms with E-state index in [4.69, 9.17) is 0 Å². The molecule has 0 amide bonds. The topological polar surface area (TPSA) is 12.0 Å². The maximum Gasteiger partial charge on any atom is 0.0141 e. The van der Waals surface area contributed by atoms with Crippen molar-refractivity contribution in [3.8, 4) is 0 Å². The number of rotatable bonds is 4. The van der Waals surface area contributed by atoms with Crippen LogP contribution in [0.15, 0.2) is 0 Å². The van der Waals surface area contributed by atoms with Gasteiger partial charge in [0.15, 0.2) is 0 Å². The average molecular weight is 171 g/mol. The Morgan fingerprint density at radius 2 is 1.50 bits per heavy atom. The van der Waals surface area contributed by atoms with Gasteiger partial charge in [-0.1, -0.05) is 47.5 Å². The van der Waals surface area contributed by atoms with Crippen LogP contribution < -0.4 is 5.32 Å². The first-order valence-corrected chi connectivity index (χ1v) is 5.14. The molecule has 0 aromatic carbocycles. The van der Waals surface area contributed by atoms with Gasteiger partial charge in [-0.05, 0) is 18.4 Å². The first kappa shape index (κ1) is 12.0. The van der Waals surface area contributed by atoms with Gasteiger partial charge in [0.05, 0.1) is 0 Å². The quantitative estimate of drug-likeness (QED) is 0.685. The van der Waals surface area contributed by atoms with E-state index in [-0.39, 0.29) is 0 Å². The van der Waals surface area contributed by atoms with Crippen LogP contribution in [0.1, 0.15) is 47.5 Å². The highest BCUT2D eigenvalue weighted by Gasteiger charge is 2.28. The second-order valence-corrected chi connectivity index (χ2v) is 4.71. The largest absolute Gasteiger partial charge is 0.316 e. The van der Waals surface area contributed by atoms with Crippen LogP contribution in [0.4, 0.5) is 0 Å². The average Bonchev–Trinajstić information content (AvgIpc) is 1.97. The molecule has 0 radical (unpaired) electrons. The molecule has 0 bridgehead atoms. The predicted octanol–water partition coefficient (Wildman–Crippen LogP) is 3.06. The van der Waals surface area contributed by atoms with Crippen LogP contribution in [0.25, 0.3) is 0 Å². The Morgan fingerprint density at radius 1 is 1.08 bits per heavy atom. The maximum absolute atomic E-state index is 3.44. The molecule has 0 rings (SSSR count). The van der Waals surface area contributed by atoms with E-state index in [2.05, 4.69) is 47.0 Å². The van der Waals surface area contributed by atoms with Gasteiger partial charge >= 0.3 is 0 Å². The van der Waals surface area contributed by atoms with Crippen molar-refractivity contribution < 1.29 is 0 Å². The summed E-state index contributed by atoms with van der Waals surface area (Å²) in [7, 11) is 2.08. The molecule has 0 aliphatic heterocycles. The maximum atomic E-state index is 3.44. The molecule has 0 aliphatic rings. The first-order chi connectivity index (χ1) is 5.47. The van der Waals surface area contributed by atoms with Crippen molar-refractivity contribution in [3.63, 3.8) is 0 Å². The highest BCUT2D eigenvalue weighted by atomic mass is 14.9. The van der Waals surface area contributed by atoms with E-state index in [1.54, 1.807) is 0 Å². The van der Waals surface area contributed by atoms with Crippen LogP contribution in [-0.4, -0.2) is 13.1 Å². The van der Waals surface area contributed by atoms with Gasteiger partial charge in [-0.25, -0.2) is 0 Å². The van der Waals surface area contributed by atoms with Crippen molar-refractivity contribution >= 4 is 0 Å². The van der Waals surface area contributed by atoms with E-state index in [9.17, 15) is 0 Å². The molecular weight excluding hydrogens is 146 g/mol. The van der Waals surface area contributed by atoms with Crippen LogP contribution in [0.2, 0.25) is 0 Å². The molecule has 0 saturated heterocycles. The third-order valence-corrected chi connectivity index (χ3v) is 2.76. The molecule has 1 atom stereocenters. The standard InChI is InChI=1S/C11H25N/c1-7-9(8-2)10(12-6)11(3,4)5/h9-10,12H,7-8H2,1-6H3. The van der Waals surface area contributed by atoms with Gasteiger partial charge in [-0.2, -0.15) is 0 Å². The van der Waals surface area contributed by atoms with Crippen LogP contribution in [0.3, 0.4) is 0 Å². The van der Waals surface area contributed by atoms with Gasteiger partial charge in [-0.15, -0.1) is 0 Å². The SMILES string of the molecule is CCC(CC)C(NC)C(C)(C)C. The zero-order valence-corrected chi connectivity index (χ0v) is 9.57. The molecule has 1 unspecified atom stereocenters. The second-order valence-electron chi connectivity index (χ2n) is 4.71. The fourth-order valence-corrected chi connectivity index (χ4v) is 2.14. The first-order valence-electron chi connectivity index (χ1n) is 5.14. The molecule has 0 heterocycles. The van der Waals surface area contributed by atoms with E-state index in [1.165, 1.54) is 12.8 Å². The minimum atomic E-state index is 0.380. The summed E-state index contributed by atoms with van der Waals surface area (Å²) >= 11 is 0. The molecule has 1 nitrogen and oxygen atoms in total. The van der Waals surface area contributed by atoms with Gasteiger partial charge in [0.1, 0.15) is 0 Å². The summed E-state index contributed by atoms with van der Waals surface area (Å²) in [6.07, 6.45) is 2.55. The van der Waals surface area contributed by atoms with Gasteiger partial charge in [-0.3, -0.25) is 0 Å².